The highest BCUT2D eigenvalue weighted by Gasteiger charge is 2.25. The molecule has 1 aliphatic rings. The summed E-state index contributed by atoms with van der Waals surface area (Å²) >= 11 is 0. The highest BCUT2D eigenvalue weighted by Crippen LogP contribution is 2.17. The molecule has 1 unspecified atom stereocenters. The number of piperazine rings is 1. The van der Waals surface area contributed by atoms with Crippen molar-refractivity contribution >= 4 is 11.8 Å². The van der Waals surface area contributed by atoms with E-state index in [0.717, 1.165) is 0 Å². The maximum atomic E-state index is 11.8. The molecule has 0 aliphatic carbocycles. The number of rotatable bonds is 5. The molecule has 0 aromatic carbocycles. The zero-order valence-corrected chi connectivity index (χ0v) is 10.4. The zero-order valence-electron chi connectivity index (χ0n) is 10.4. The van der Waals surface area contributed by atoms with Gasteiger partial charge in [-0.05, 0) is 11.8 Å². The molecule has 0 radical (unpaired) electrons. The smallest absolute Gasteiger partial charge is 0.238 e. The van der Waals surface area contributed by atoms with Crippen LogP contribution in [-0.2, 0) is 9.59 Å². The number of carbonyl (C=O) groups is 2. The van der Waals surface area contributed by atoms with Crippen LogP contribution >= 0.6 is 0 Å². The third kappa shape index (κ3) is 4.70. The van der Waals surface area contributed by atoms with E-state index in [1.165, 1.54) is 0 Å². The molecule has 1 rings (SSSR count). The first-order valence-electron chi connectivity index (χ1n) is 5.83. The van der Waals surface area contributed by atoms with E-state index in [1.54, 1.807) is 0 Å². The Morgan fingerprint density at radius 1 is 1.59 bits per heavy atom. The number of carbonyl (C=O) groups excluding carboxylic acids is 2. The van der Waals surface area contributed by atoms with Crippen LogP contribution in [-0.4, -0.2) is 49.2 Å². The number of hydrogen-bond donors (Lipinski definition) is 4. The van der Waals surface area contributed by atoms with E-state index in [9.17, 15) is 9.59 Å². The molecule has 6 nitrogen and oxygen atoms in total. The minimum atomic E-state index is -0.363. The maximum Gasteiger partial charge on any atom is 0.238 e. The third-order valence-electron chi connectivity index (χ3n) is 2.86. The Labute approximate surface area is 101 Å². The molecule has 1 saturated heterocycles. The van der Waals surface area contributed by atoms with Gasteiger partial charge in [0.1, 0.15) is 6.04 Å². The van der Waals surface area contributed by atoms with Gasteiger partial charge in [0, 0.05) is 19.7 Å². The Morgan fingerprint density at radius 3 is 2.82 bits per heavy atom. The van der Waals surface area contributed by atoms with E-state index in [2.05, 4.69) is 16.0 Å². The first kappa shape index (κ1) is 13.9. The monoisotopic (exact) mass is 243 g/mol. The van der Waals surface area contributed by atoms with E-state index in [-0.39, 0.29) is 36.4 Å². The molecule has 0 saturated carbocycles. The lowest BCUT2D eigenvalue weighted by Gasteiger charge is -2.27. The number of aliphatic hydroxyl groups excluding tert-OH is 1. The van der Waals surface area contributed by atoms with Gasteiger partial charge in [0.15, 0.2) is 0 Å². The molecule has 98 valence electrons. The van der Waals surface area contributed by atoms with Gasteiger partial charge in [-0.15, -0.1) is 0 Å². The fourth-order valence-electron chi connectivity index (χ4n) is 1.59. The van der Waals surface area contributed by atoms with Crippen LogP contribution in [0.3, 0.4) is 0 Å². The van der Waals surface area contributed by atoms with Crippen LogP contribution in [0.5, 0.6) is 0 Å². The summed E-state index contributed by atoms with van der Waals surface area (Å²) in [6.07, 6.45) is 0.641. The molecule has 0 bridgehead atoms. The lowest BCUT2D eigenvalue weighted by atomic mass is 9.89. The summed E-state index contributed by atoms with van der Waals surface area (Å²) in [5.74, 6) is -0.203. The van der Waals surface area contributed by atoms with Gasteiger partial charge >= 0.3 is 0 Å². The van der Waals surface area contributed by atoms with Crippen molar-refractivity contribution < 1.29 is 14.7 Å². The Bertz CT molecular complexity index is 282. The van der Waals surface area contributed by atoms with Crippen molar-refractivity contribution in [3.63, 3.8) is 0 Å². The SMILES string of the molecule is CC(C)(CCO)CNC(=O)C1CNC(=O)CN1. The molecule has 17 heavy (non-hydrogen) atoms. The van der Waals surface area contributed by atoms with Gasteiger partial charge in [0.05, 0.1) is 6.54 Å². The number of amides is 2. The van der Waals surface area contributed by atoms with Crippen molar-refractivity contribution in [2.45, 2.75) is 26.3 Å². The average Bonchev–Trinajstić information content (AvgIpc) is 2.27. The Balaban J connectivity index is 2.32. The summed E-state index contributed by atoms with van der Waals surface area (Å²) in [5.41, 5.74) is -0.123. The first-order chi connectivity index (χ1) is 7.94. The molecule has 4 N–H and O–H groups in total. The molecule has 1 fully saturated rings. The van der Waals surface area contributed by atoms with Gasteiger partial charge in [-0.2, -0.15) is 0 Å². The van der Waals surface area contributed by atoms with Crippen LogP contribution in [0.2, 0.25) is 0 Å². The summed E-state index contributed by atoms with van der Waals surface area (Å²) < 4.78 is 0. The van der Waals surface area contributed by atoms with Crippen LogP contribution in [0.4, 0.5) is 0 Å². The van der Waals surface area contributed by atoms with Crippen molar-refractivity contribution in [2.75, 3.05) is 26.2 Å². The van der Waals surface area contributed by atoms with Crippen molar-refractivity contribution in [2.24, 2.45) is 5.41 Å². The van der Waals surface area contributed by atoms with Crippen LogP contribution in [0.15, 0.2) is 0 Å². The number of nitrogens with one attached hydrogen (secondary N) is 3. The minimum Gasteiger partial charge on any atom is -0.396 e. The van der Waals surface area contributed by atoms with E-state index < -0.39 is 0 Å². The molecule has 0 aromatic rings. The molecule has 1 heterocycles. The lowest BCUT2D eigenvalue weighted by molar-refractivity contribution is -0.126. The summed E-state index contributed by atoms with van der Waals surface area (Å²) in [6.45, 7) is 5.10. The molecule has 1 atom stereocenters. The molecule has 6 heteroatoms. The van der Waals surface area contributed by atoms with Gasteiger partial charge in [-0.25, -0.2) is 0 Å². The molecule has 0 spiro atoms. The standard InChI is InChI=1S/C11H21N3O3/c1-11(2,3-4-15)7-14-10(17)8-5-13-9(16)6-12-8/h8,12,15H,3-7H2,1-2H3,(H,13,16)(H,14,17). The quantitative estimate of drug-likeness (QED) is 0.478. The zero-order chi connectivity index (χ0) is 12.9. The van der Waals surface area contributed by atoms with Crippen molar-refractivity contribution in [3.05, 3.63) is 0 Å². The van der Waals surface area contributed by atoms with Crippen LogP contribution in [0.1, 0.15) is 20.3 Å². The summed E-state index contributed by atoms with van der Waals surface area (Å²) in [6, 6.07) is -0.363. The Kier molecular flexibility index (Phi) is 4.89. The predicted molar refractivity (Wildman–Crippen MR) is 63.3 cm³/mol. The summed E-state index contributed by atoms with van der Waals surface area (Å²) in [4.78, 5) is 22.7. The largest absolute Gasteiger partial charge is 0.396 e. The highest BCUT2D eigenvalue weighted by atomic mass is 16.3. The summed E-state index contributed by atoms with van der Waals surface area (Å²) in [7, 11) is 0. The topological polar surface area (TPSA) is 90.5 Å². The number of hydrogen-bond acceptors (Lipinski definition) is 4. The fourth-order valence-corrected chi connectivity index (χ4v) is 1.59. The van der Waals surface area contributed by atoms with Gasteiger partial charge < -0.3 is 15.7 Å². The minimum absolute atomic E-state index is 0.0883. The van der Waals surface area contributed by atoms with Crippen molar-refractivity contribution in [1.82, 2.24) is 16.0 Å². The second-order valence-corrected chi connectivity index (χ2v) is 5.09. The average molecular weight is 243 g/mol. The van der Waals surface area contributed by atoms with Gasteiger partial charge in [0.25, 0.3) is 0 Å². The molecule has 1 aliphatic heterocycles. The van der Waals surface area contributed by atoms with Gasteiger partial charge in [-0.1, -0.05) is 13.8 Å². The van der Waals surface area contributed by atoms with E-state index in [4.69, 9.17) is 5.11 Å². The lowest BCUT2D eigenvalue weighted by Crippen LogP contribution is -2.58. The van der Waals surface area contributed by atoms with E-state index in [0.29, 0.717) is 19.5 Å². The Hall–Kier alpha value is -1.14. The van der Waals surface area contributed by atoms with Crippen LogP contribution in [0.25, 0.3) is 0 Å². The maximum absolute atomic E-state index is 11.8. The van der Waals surface area contributed by atoms with Crippen molar-refractivity contribution in [1.29, 1.82) is 0 Å². The summed E-state index contributed by atoms with van der Waals surface area (Å²) in [5, 5.41) is 17.2. The fraction of sp³-hybridized carbons (Fsp3) is 0.818. The van der Waals surface area contributed by atoms with Gasteiger partial charge in [-0.3, -0.25) is 14.9 Å². The molecular weight excluding hydrogens is 222 g/mol. The molecule has 0 aromatic heterocycles. The second kappa shape index (κ2) is 5.97. The second-order valence-electron chi connectivity index (χ2n) is 5.09. The molecular formula is C11H21N3O3. The normalized spacial score (nSPS) is 20.9. The van der Waals surface area contributed by atoms with Crippen molar-refractivity contribution in [3.8, 4) is 0 Å². The van der Waals surface area contributed by atoms with E-state index in [1.807, 2.05) is 13.8 Å². The van der Waals surface area contributed by atoms with Gasteiger partial charge in [0.2, 0.25) is 11.8 Å². The first-order valence-corrected chi connectivity index (χ1v) is 5.83. The number of aliphatic hydroxyl groups is 1. The predicted octanol–water partition coefficient (Wildman–Crippen LogP) is -1.40. The van der Waals surface area contributed by atoms with E-state index >= 15 is 0 Å². The van der Waals surface area contributed by atoms with Crippen LogP contribution in [0, 0.1) is 5.41 Å². The van der Waals surface area contributed by atoms with Crippen LogP contribution < -0.4 is 16.0 Å². The third-order valence-corrected chi connectivity index (χ3v) is 2.86. The highest BCUT2D eigenvalue weighted by molar-refractivity contribution is 5.86. The molecule has 2 amide bonds. The Morgan fingerprint density at radius 2 is 2.29 bits per heavy atom.